The molecule has 0 aromatic heterocycles. The fourth-order valence-electron chi connectivity index (χ4n) is 1.31. The number of carbonyl (C=O) groups is 1. The first-order valence-corrected chi connectivity index (χ1v) is 7.38. The first-order valence-electron chi connectivity index (χ1n) is 5.35. The summed E-state index contributed by atoms with van der Waals surface area (Å²) in [5.41, 5.74) is -0.344. The lowest BCUT2D eigenvalue weighted by atomic mass is 10.2. The Kier molecular flexibility index (Phi) is 5.10. The minimum absolute atomic E-state index is 0.0104. The number of unbranched alkanes of at least 4 members (excludes halogenated alkanes) is 1. The molecule has 0 bridgehead atoms. The standard InChI is InChI=1S/C11H13ClFNO3S/c1-2-3-6-18(16,17)14-10-5-4-9(13)8(7-15)11(10)12/h4-5,7,14H,2-3,6H2,1H3. The Balaban J connectivity index is 3.02. The van der Waals surface area contributed by atoms with E-state index in [4.69, 9.17) is 11.6 Å². The molecule has 100 valence electrons. The number of hydrogen-bond donors (Lipinski definition) is 1. The maximum atomic E-state index is 13.2. The van der Waals surface area contributed by atoms with Gasteiger partial charge < -0.3 is 0 Å². The summed E-state index contributed by atoms with van der Waals surface area (Å²) in [6.45, 7) is 1.87. The van der Waals surface area contributed by atoms with Gasteiger partial charge in [-0.3, -0.25) is 9.52 Å². The zero-order valence-corrected chi connectivity index (χ0v) is 11.3. The summed E-state index contributed by atoms with van der Waals surface area (Å²) in [5.74, 6) is -0.834. The highest BCUT2D eigenvalue weighted by molar-refractivity contribution is 7.92. The molecule has 0 spiro atoms. The lowest BCUT2D eigenvalue weighted by molar-refractivity contribution is 0.112. The Hall–Kier alpha value is -1.14. The van der Waals surface area contributed by atoms with E-state index < -0.39 is 15.8 Å². The monoisotopic (exact) mass is 293 g/mol. The molecule has 0 saturated heterocycles. The largest absolute Gasteiger partial charge is 0.298 e. The average Bonchev–Trinajstić information content (AvgIpc) is 2.31. The van der Waals surface area contributed by atoms with Crippen molar-refractivity contribution in [1.82, 2.24) is 0 Å². The number of halogens is 2. The minimum atomic E-state index is -3.53. The van der Waals surface area contributed by atoms with Gasteiger partial charge in [0.2, 0.25) is 10.0 Å². The lowest BCUT2D eigenvalue weighted by Gasteiger charge is -2.10. The molecule has 0 amide bonds. The Labute approximate surface area is 110 Å². The summed E-state index contributed by atoms with van der Waals surface area (Å²) >= 11 is 5.76. The van der Waals surface area contributed by atoms with Crippen LogP contribution in [0.25, 0.3) is 0 Å². The van der Waals surface area contributed by atoms with E-state index in [0.29, 0.717) is 6.42 Å². The summed E-state index contributed by atoms with van der Waals surface area (Å²) < 4.78 is 38.7. The Morgan fingerprint density at radius 2 is 2.11 bits per heavy atom. The highest BCUT2D eigenvalue weighted by Crippen LogP contribution is 2.27. The molecule has 0 aliphatic rings. The maximum Gasteiger partial charge on any atom is 0.232 e. The van der Waals surface area contributed by atoms with Crippen LogP contribution in [-0.2, 0) is 10.0 Å². The van der Waals surface area contributed by atoms with E-state index in [1.807, 2.05) is 6.92 Å². The second kappa shape index (κ2) is 6.15. The van der Waals surface area contributed by atoms with Gasteiger partial charge in [0, 0.05) is 0 Å². The van der Waals surface area contributed by atoms with Crippen LogP contribution in [0.2, 0.25) is 5.02 Å². The normalized spacial score (nSPS) is 11.3. The van der Waals surface area contributed by atoms with Gasteiger partial charge in [-0.1, -0.05) is 24.9 Å². The molecule has 1 aromatic carbocycles. The van der Waals surface area contributed by atoms with Crippen molar-refractivity contribution in [2.24, 2.45) is 0 Å². The van der Waals surface area contributed by atoms with Crippen molar-refractivity contribution in [2.75, 3.05) is 10.5 Å². The van der Waals surface area contributed by atoms with Crippen LogP contribution in [0.5, 0.6) is 0 Å². The highest BCUT2D eigenvalue weighted by Gasteiger charge is 2.16. The molecule has 0 aliphatic carbocycles. The van der Waals surface area contributed by atoms with E-state index in [9.17, 15) is 17.6 Å². The van der Waals surface area contributed by atoms with E-state index in [1.165, 1.54) is 6.07 Å². The number of nitrogens with one attached hydrogen (secondary N) is 1. The molecule has 1 N–H and O–H groups in total. The van der Waals surface area contributed by atoms with Crippen molar-refractivity contribution in [3.63, 3.8) is 0 Å². The van der Waals surface area contributed by atoms with Crippen LogP contribution in [0.3, 0.4) is 0 Å². The molecule has 0 aliphatic heterocycles. The predicted molar refractivity (Wildman–Crippen MR) is 69.1 cm³/mol. The molecule has 0 unspecified atom stereocenters. The van der Waals surface area contributed by atoms with Crippen LogP contribution in [-0.4, -0.2) is 20.5 Å². The second-order valence-electron chi connectivity index (χ2n) is 3.71. The molecular formula is C11H13ClFNO3S. The van der Waals surface area contributed by atoms with Gasteiger partial charge in [-0.2, -0.15) is 0 Å². The van der Waals surface area contributed by atoms with E-state index >= 15 is 0 Å². The average molecular weight is 294 g/mol. The van der Waals surface area contributed by atoms with Gasteiger partial charge in [-0.15, -0.1) is 0 Å². The summed E-state index contributed by atoms with van der Waals surface area (Å²) in [5, 5.41) is -0.231. The lowest BCUT2D eigenvalue weighted by Crippen LogP contribution is -2.17. The third-order valence-corrected chi connectivity index (χ3v) is 4.04. The van der Waals surface area contributed by atoms with Crippen molar-refractivity contribution >= 4 is 33.6 Å². The summed E-state index contributed by atoms with van der Waals surface area (Å²) in [6, 6.07) is 2.18. The van der Waals surface area contributed by atoms with E-state index in [2.05, 4.69) is 4.72 Å². The zero-order valence-electron chi connectivity index (χ0n) is 9.74. The van der Waals surface area contributed by atoms with Crippen LogP contribution in [0.4, 0.5) is 10.1 Å². The zero-order chi connectivity index (χ0) is 13.8. The first-order chi connectivity index (χ1) is 8.41. The highest BCUT2D eigenvalue weighted by atomic mass is 35.5. The predicted octanol–water partition coefficient (Wildman–Crippen LogP) is 2.83. The number of sulfonamides is 1. The van der Waals surface area contributed by atoms with Gasteiger partial charge in [0.05, 0.1) is 22.0 Å². The maximum absolute atomic E-state index is 13.2. The molecule has 18 heavy (non-hydrogen) atoms. The molecule has 1 aromatic rings. The topological polar surface area (TPSA) is 63.2 Å². The molecule has 0 radical (unpaired) electrons. The number of rotatable bonds is 6. The molecule has 1 rings (SSSR count). The van der Waals surface area contributed by atoms with Gasteiger partial charge in [0.25, 0.3) is 0 Å². The van der Waals surface area contributed by atoms with Crippen LogP contribution in [0.1, 0.15) is 30.1 Å². The Morgan fingerprint density at radius 1 is 1.44 bits per heavy atom. The van der Waals surface area contributed by atoms with Crippen molar-refractivity contribution in [2.45, 2.75) is 19.8 Å². The van der Waals surface area contributed by atoms with E-state index in [-0.39, 0.29) is 28.3 Å². The number of anilines is 1. The number of benzene rings is 1. The van der Waals surface area contributed by atoms with Crippen molar-refractivity contribution < 1.29 is 17.6 Å². The molecule has 0 heterocycles. The fourth-order valence-corrected chi connectivity index (χ4v) is 2.89. The van der Waals surface area contributed by atoms with Gasteiger partial charge in [0.15, 0.2) is 6.29 Å². The fraction of sp³-hybridized carbons (Fsp3) is 0.364. The molecule has 7 heteroatoms. The van der Waals surface area contributed by atoms with Gasteiger partial charge in [0.1, 0.15) is 5.82 Å². The molecule has 4 nitrogen and oxygen atoms in total. The van der Waals surface area contributed by atoms with E-state index in [1.54, 1.807) is 0 Å². The second-order valence-corrected chi connectivity index (χ2v) is 5.93. The molecule has 0 atom stereocenters. The Morgan fingerprint density at radius 3 is 2.67 bits per heavy atom. The minimum Gasteiger partial charge on any atom is -0.298 e. The van der Waals surface area contributed by atoms with Crippen LogP contribution >= 0.6 is 11.6 Å². The van der Waals surface area contributed by atoms with Crippen LogP contribution in [0, 0.1) is 5.82 Å². The molecule has 0 saturated carbocycles. The molecular weight excluding hydrogens is 281 g/mol. The third-order valence-electron chi connectivity index (χ3n) is 2.28. The van der Waals surface area contributed by atoms with Crippen LogP contribution in [0.15, 0.2) is 12.1 Å². The smallest absolute Gasteiger partial charge is 0.232 e. The van der Waals surface area contributed by atoms with E-state index in [0.717, 1.165) is 12.5 Å². The van der Waals surface area contributed by atoms with Crippen molar-refractivity contribution in [3.8, 4) is 0 Å². The number of aldehydes is 1. The van der Waals surface area contributed by atoms with Gasteiger partial charge in [-0.05, 0) is 18.6 Å². The third kappa shape index (κ3) is 3.68. The summed E-state index contributed by atoms with van der Waals surface area (Å²) in [6.07, 6.45) is 1.49. The SMILES string of the molecule is CCCCS(=O)(=O)Nc1ccc(F)c(C=O)c1Cl. The first kappa shape index (κ1) is 14.9. The van der Waals surface area contributed by atoms with Crippen LogP contribution < -0.4 is 4.72 Å². The van der Waals surface area contributed by atoms with Gasteiger partial charge in [-0.25, -0.2) is 12.8 Å². The summed E-state index contributed by atoms with van der Waals surface area (Å²) in [7, 11) is -3.53. The number of hydrogen-bond acceptors (Lipinski definition) is 3. The molecule has 0 fully saturated rings. The van der Waals surface area contributed by atoms with Crippen molar-refractivity contribution in [1.29, 1.82) is 0 Å². The quantitative estimate of drug-likeness (QED) is 0.820. The summed E-state index contributed by atoms with van der Waals surface area (Å²) in [4.78, 5) is 10.6. The number of carbonyl (C=O) groups excluding carboxylic acids is 1. The van der Waals surface area contributed by atoms with Crippen molar-refractivity contribution in [3.05, 3.63) is 28.5 Å². The van der Waals surface area contributed by atoms with Gasteiger partial charge >= 0.3 is 0 Å². The Bertz CT molecular complexity index is 545.